The van der Waals surface area contributed by atoms with Gasteiger partial charge in [0.05, 0.1) is 31.2 Å². The third-order valence-corrected chi connectivity index (χ3v) is 9.97. The number of ether oxygens (including phenoxy) is 2. The van der Waals surface area contributed by atoms with E-state index in [-0.39, 0.29) is 31.3 Å². The minimum Gasteiger partial charge on any atom is -0.455 e. The predicted octanol–water partition coefficient (Wildman–Crippen LogP) is 3.65. The number of rotatable bonds is 6. The van der Waals surface area contributed by atoms with Crippen LogP contribution >= 0.6 is 0 Å². The molecule has 10 nitrogen and oxygen atoms in total. The van der Waals surface area contributed by atoms with E-state index in [1.807, 2.05) is 97.1 Å². The molecule has 2 fully saturated rings. The topological polar surface area (TPSA) is 125 Å². The van der Waals surface area contributed by atoms with Crippen LogP contribution in [-0.2, 0) is 35.2 Å². The fourth-order valence-electron chi connectivity index (χ4n) is 7.70. The number of aliphatic hydroxyl groups is 1. The SMILES string of the molecule is O=C1CC/C=C\[C@@H]2O[C@@]34C=CCN(Cc5ccccc5)C(=O)[C@@H]3N([C@H](CO)c3ccccc3)C(=O)[C@H]4[C@@H]2C(=O)O[C@@H](c2ccccc2)CN1. The van der Waals surface area contributed by atoms with E-state index < -0.39 is 60.2 Å². The summed E-state index contributed by atoms with van der Waals surface area (Å²) in [5.74, 6) is -3.89. The number of hydrogen-bond acceptors (Lipinski definition) is 7. The molecule has 7 rings (SSSR count). The number of hydrogen-bond donors (Lipinski definition) is 2. The first-order valence-electron chi connectivity index (χ1n) is 16.8. The van der Waals surface area contributed by atoms with Gasteiger partial charge in [-0.1, -0.05) is 115 Å². The highest BCUT2D eigenvalue weighted by molar-refractivity contribution is 5.99. The van der Waals surface area contributed by atoms with Crippen LogP contribution in [0.1, 0.15) is 41.7 Å². The Kier molecular flexibility index (Phi) is 9.16. The zero-order valence-corrected chi connectivity index (χ0v) is 27.0. The average molecular weight is 662 g/mol. The Morgan fingerprint density at radius 2 is 1.57 bits per heavy atom. The first kappa shape index (κ1) is 32.5. The van der Waals surface area contributed by atoms with Gasteiger partial charge in [-0.05, 0) is 23.1 Å². The monoisotopic (exact) mass is 661 g/mol. The van der Waals surface area contributed by atoms with E-state index in [9.17, 15) is 24.3 Å². The lowest BCUT2D eigenvalue weighted by Gasteiger charge is -2.38. The number of amides is 3. The highest BCUT2D eigenvalue weighted by Crippen LogP contribution is 2.55. The van der Waals surface area contributed by atoms with Crippen molar-refractivity contribution in [3.63, 3.8) is 0 Å². The van der Waals surface area contributed by atoms with Crippen molar-refractivity contribution in [2.45, 2.75) is 49.3 Å². The molecule has 4 heterocycles. The van der Waals surface area contributed by atoms with Gasteiger partial charge in [0.1, 0.15) is 23.7 Å². The lowest BCUT2D eigenvalue weighted by Crippen LogP contribution is -2.56. The van der Waals surface area contributed by atoms with Crippen molar-refractivity contribution in [3.8, 4) is 0 Å². The molecule has 49 heavy (non-hydrogen) atoms. The minimum absolute atomic E-state index is 0.0580. The standard InChI is InChI=1S/C39H39N3O7/c43-25-29(27-15-6-2-7-16-27)42-35-37(46)41(24-26-13-4-1-5-14-26)22-12-21-39(35)34(36(42)45)33-30(49-39)19-10-11-20-32(44)40-23-31(48-38(33)47)28-17-8-3-9-18-28/h1-10,12-19,21,29-31,33-35,43H,11,20,22-25H2,(H,40,44)/b19-10-/t29-,30+,31-,33-,34-,35+,39-/m1/s1. The minimum atomic E-state index is -1.53. The van der Waals surface area contributed by atoms with E-state index >= 15 is 0 Å². The first-order chi connectivity index (χ1) is 23.9. The Balaban J connectivity index is 1.33. The molecule has 2 saturated heterocycles. The molecule has 0 saturated carbocycles. The normalized spacial score (nSPS) is 29.8. The number of nitrogens with zero attached hydrogens (tertiary/aromatic N) is 2. The second-order valence-corrected chi connectivity index (χ2v) is 12.9. The van der Waals surface area contributed by atoms with Gasteiger partial charge in [0, 0.05) is 19.5 Å². The van der Waals surface area contributed by atoms with E-state index in [0.29, 0.717) is 24.1 Å². The highest BCUT2D eigenvalue weighted by Gasteiger charge is 2.72. The van der Waals surface area contributed by atoms with Crippen LogP contribution in [0.2, 0.25) is 0 Å². The summed E-state index contributed by atoms with van der Waals surface area (Å²) >= 11 is 0. The summed E-state index contributed by atoms with van der Waals surface area (Å²) in [6.07, 6.45) is 5.98. The third kappa shape index (κ3) is 6.06. The molecule has 252 valence electrons. The van der Waals surface area contributed by atoms with E-state index in [1.165, 1.54) is 4.90 Å². The van der Waals surface area contributed by atoms with Gasteiger partial charge in [-0.2, -0.15) is 0 Å². The maximum absolute atomic E-state index is 15.0. The van der Waals surface area contributed by atoms with Crippen molar-refractivity contribution < 1.29 is 33.8 Å². The molecule has 10 heteroatoms. The van der Waals surface area contributed by atoms with Gasteiger partial charge in [-0.15, -0.1) is 0 Å². The van der Waals surface area contributed by atoms with Crippen molar-refractivity contribution in [2.75, 3.05) is 19.7 Å². The van der Waals surface area contributed by atoms with Gasteiger partial charge in [0.2, 0.25) is 17.7 Å². The fourth-order valence-corrected chi connectivity index (χ4v) is 7.70. The molecule has 0 aromatic heterocycles. The Labute approximate surface area is 285 Å². The number of fused-ring (bicyclic) bond motifs is 2. The number of esters is 1. The molecule has 0 unspecified atom stereocenters. The Hall–Kier alpha value is -5.06. The van der Waals surface area contributed by atoms with Crippen molar-refractivity contribution in [2.24, 2.45) is 11.8 Å². The van der Waals surface area contributed by atoms with E-state index in [0.717, 1.165) is 5.56 Å². The number of benzene rings is 3. The van der Waals surface area contributed by atoms with Gasteiger partial charge < -0.3 is 29.7 Å². The molecule has 4 aliphatic rings. The Morgan fingerprint density at radius 1 is 0.878 bits per heavy atom. The van der Waals surface area contributed by atoms with Crippen LogP contribution in [0.15, 0.2) is 115 Å². The van der Waals surface area contributed by atoms with Gasteiger partial charge in [0.25, 0.3) is 0 Å². The van der Waals surface area contributed by atoms with Crippen LogP contribution in [0.5, 0.6) is 0 Å². The van der Waals surface area contributed by atoms with Crippen molar-refractivity contribution in [1.82, 2.24) is 15.1 Å². The molecule has 0 bridgehead atoms. The molecule has 3 amide bonds. The van der Waals surface area contributed by atoms with Gasteiger partial charge in [-0.3, -0.25) is 19.2 Å². The van der Waals surface area contributed by atoms with Gasteiger partial charge in [-0.25, -0.2) is 0 Å². The van der Waals surface area contributed by atoms with Crippen LogP contribution in [0, 0.1) is 11.8 Å². The zero-order chi connectivity index (χ0) is 34.0. The maximum Gasteiger partial charge on any atom is 0.313 e. The predicted molar refractivity (Wildman–Crippen MR) is 179 cm³/mol. The lowest BCUT2D eigenvalue weighted by molar-refractivity contribution is -0.161. The zero-order valence-electron chi connectivity index (χ0n) is 27.0. The van der Waals surface area contributed by atoms with Crippen LogP contribution in [0.3, 0.4) is 0 Å². The molecule has 7 atom stereocenters. The summed E-state index contributed by atoms with van der Waals surface area (Å²) in [6, 6.07) is 25.8. The van der Waals surface area contributed by atoms with Crippen molar-refractivity contribution in [1.29, 1.82) is 0 Å². The lowest BCUT2D eigenvalue weighted by atomic mass is 9.78. The second-order valence-electron chi connectivity index (χ2n) is 12.9. The number of allylic oxidation sites excluding steroid dienone is 1. The molecule has 3 aromatic rings. The fraction of sp³-hybridized carbons (Fsp3) is 0.333. The molecular weight excluding hydrogens is 622 g/mol. The molecule has 4 aliphatic heterocycles. The summed E-state index contributed by atoms with van der Waals surface area (Å²) in [5, 5.41) is 13.7. The Bertz CT molecular complexity index is 1750. The first-order valence-corrected chi connectivity index (χ1v) is 16.8. The quantitative estimate of drug-likeness (QED) is 0.305. The average Bonchev–Trinajstić information content (AvgIpc) is 3.52. The van der Waals surface area contributed by atoms with Crippen LogP contribution in [0.4, 0.5) is 0 Å². The van der Waals surface area contributed by atoms with E-state index in [4.69, 9.17) is 9.47 Å². The smallest absolute Gasteiger partial charge is 0.313 e. The summed E-state index contributed by atoms with van der Waals surface area (Å²) in [7, 11) is 0. The molecular formula is C39H39N3O7. The maximum atomic E-state index is 15.0. The number of carbonyl (C=O) groups is 4. The van der Waals surface area contributed by atoms with E-state index in [2.05, 4.69) is 5.32 Å². The molecule has 2 N–H and O–H groups in total. The van der Waals surface area contributed by atoms with E-state index in [1.54, 1.807) is 23.1 Å². The molecule has 1 spiro atoms. The number of aliphatic hydroxyl groups excluding tert-OH is 1. The van der Waals surface area contributed by atoms with Crippen LogP contribution in [0.25, 0.3) is 0 Å². The molecule has 0 aliphatic carbocycles. The molecule has 0 radical (unpaired) electrons. The summed E-state index contributed by atoms with van der Waals surface area (Å²) < 4.78 is 13.0. The van der Waals surface area contributed by atoms with Gasteiger partial charge >= 0.3 is 5.97 Å². The largest absolute Gasteiger partial charge is 0.455 e. The summed E-state index contributed by atoms with van der Waals surface area (Å²) in [4.78, 5) is 60.0. The molecule has 3 aromatic carbocycles. The summed E-state index contributed by atoms with van der Waals surface area (Å²) in [5.41, 5.74) is 0.736. The Morgan fingerprint density at radius 3 is 2.29 bits per heavy atom. The number of carbonyl (C=O) groups excluding carboxylic acids is 4. The van der Waals surface area contributed by atoms with Crippen LogP contribution in [-0.4, -0.2) is 76.0 Å². The van der Waals surface area contributed by atoms with Gasteiger partial charge in [0.15, 0.2) is 0 Å². The van der Waals surface area contributed by atoms with Crippen LogP contribution < -0.4 is 5.32 Å². The number of nitrogens with one attached hydrogen (secondary N) is 1. The highest BCUT2D eigenvalue weighted by atomic mass is 16.6. The van der Waals surface area contributed by atoms with Crippen molar-refractivity contribution in [3.05, 3.63) is 132 Å². The van der Waals surface area contributed by atoms with Crippen molar-refractivity contribution >= 4 is 23.7 Å². The summed E-state index contributed by atoms with van der Waals surface area (Å²) in [6.45, 7) is 0.174. The second kappa shape index (κ2) is 13.8. The number of likely N-dealkylation sites (tertiary alicyclic amines) is 1. The number of cyclic esters (lactones) is 1. The third-order valence-electron chi connectivity index (χ3n) is 9.97.